The third-order valence-corrected chi connectivity index (χ3v) is 4.42. The molecule has 0 spiro atoms. The molecule has 148 valence electrons. The lowest BCUT2D eigenvalue weighted by Crippen LogP contribution is -2.38. The Morgan fingerprint density at radius 3 is 2.57 bits per heavy atom. The first-order chi connectivity index (χ1) is 13.1. The van der Waals surface area contributed by atoms with Crippen LogP contribution in [0.1, 0.15) is 0 Å². The summed E-state index contributed by atoms with van der Waals surface area (Å²) in [6.07, 6.45) is -4.76. The quantitative estimate of drug-likeness (QED) is 0.735. The van der Waals surface area contributed by atoms with Crippen molar-refractivity contribution in [3.63, 3.8) is 0 Å². The van der Waals surface area contributed by atoms with Crippen molar-refractivity contribution in [1.82, 2.24) is 5.01 Å². The van der Waals surface area contributed by atoms with Crippen LogP contribution in [-0.4, -0.2) is 36.4 Å². The Balaban J connectivity index is 1.94. The second kappa shape index (κ2) is 7.38. The standard InChI is InChI=1S/C18H13ClF5N3O/c1-27-8-12(16(26-27)18(22,23)24)17(28)25-15-5-3-10(20)7-11(15)9-2-4-14(21)13(19)6-9/h2-7,12H,8H2,1H3,(H,25,28). The topological polar surface area (TPSA) is 44.7 Å². The van der Waals surface area contributed by atoms with Crippen LogP contribution in [0.15, 0.2) is 41.5 Å². The molecule has 0 fully saturated rings. The number of carbonyl (C=O) groups is 1. The first kappa shape index (κ1) is 20.1. The van der Waals surface area contributed by atoms with Crippen molar-refractivity contribution in [2.45, 2.75) is 6.18 Å². The number of amides is 1. The van der Waals surface area contributed by atoms with E-state index in [1.807, 2.05) is 0 Å². The molecule has 0 saturated heterocycles. The molecule has 1 aliphatic heterocycles. The van der Waals surface area contributed by atoms with E-state index < -0.39 is 35.3 Å². The van der Waals surface area contributed by atoms with Crippen LogP contribution in [0.5, 0.6) is 0 Å². The van der Waals surface area contributed by atoms with E-state index >= 15 is 0 Å². The summed E-state index contributed by atoms with van der Waals surface area (Å²) in [5, 5.41) is 6.56. The number of carbonyl (C=O) groups excluding carboxylic acids is 1. The van der Waals surface area contributed by atoms with Gasteiger partial charge in [-0.1, -0.05) is 17.7 Å². The Labute approximate surface area is 161 Å². The summed E-state index contributed by atoms with van der Waals surface area (Å²) in [5.74, 6) is -3.82. The lowest BCUT2D eigenvalue weighted by Gasteiger charge is -2.17. The highest BCUT2D eigenvalue weighted by Crippen LogP contribution is 2.33. The molecule has 3 rings (SSSR count). The zero-order chi connectivity index (χ0) is 20.6. The van der Waals surface area contributed by atoms with Gasteiger partial charge in [-0.2, -0.15) is 18.3 Å². The maximum absolute atomic E-state index is 13.7. The number of anilines is 1. The molecule has 1 heterocycles. The van der Waals surface area contributed by atoms with Crippen molar-refractivity contribution in [3.8, 4) is 11.1 Å². The number of hydrazone groups is 1. The van der Waals surface area contributed by atoms with Crippen LogP contribution in [0.25, 0.3) is 11.1 Å². The normalized spacial score (nSPS) is 16.9. The Morgan fingerprint density at radius 1 is 1.21 bits per heavy atom. The third kappa shape index (κ3) is 4.09. The van der Waals surface area contributed by atoms with Gasteiger partial charge in [-0.05, 0) is 35.9 Å². The van der Waals surface area contributed by atoms with Gasteiger partial charge in [0.2, 0.25) is 5.91 Å². The van der Waals surface area contributed by atoms with E-state index in [1.165, 1.54) is 25.2 Å². The van der Waals surface area contributed by atoms with Crippen LogP contribution < -0.4 is 5.32 Å². The molecule has 0 radical (unpaired) electrons. The first-order valence-electron chi connectivity index (χ1n) is 7.99. The number of nitrogens with zero attached hydrogens (tertiary/aromatic N) is 2. The fourth-order valence-electron chi connectivity index (χ4n) is 2.85. The van der Waals surface area contributed by atoms with Crippen molar-refractivity contribution in [1.29, 1.82) is 0 Å². The molecule has 2 aromatic rings. The summed E-state index contributed by atoms with van der Waals surface area (Å²) in [4.78, 5) is 12.5. The first-order valence-corrected chi connectivity index (χ1v) is 8.36. The molecule has 1 atom stereocenters. The van der Waals surface area contributed by atoms with E-state index in [0.29, 0.717) is 0 Å². The third-order valence-electron chi connectivity index (χ3n) is 4.13. The monoisotopic (exact) mass is 417 g/mol. The Kier molecular flexibility index (Phi) is 5.29. The average Bonchev–Trinajstić information content (AvgIpc) is 3.01. The van der Waals surface area contributed by atoms with Gasteiger partial charge in [0.05, 0.1) is 11.6 Å². The molecule has 0 aromatic heterocycles. The molecule has 4 nitrogen and oxygen atoms in total. The highest BCUT2D eigenvalue weighted by molar-refractivity contribution is 6.31. The van der Waals surface area contributed by atoms with Gasteiger partial charge < -0.3 is 5.32 Å². The van der Waals surface area contributed by atoms with Gasteiger partial charge in [-0.25, -0.2) is 8.78 Å². The van der Waals surface area contributed by atoms with Crippen LogP contribution in [0.2, 0.25) is 5.02 Å². The van der Waals surface area contributed by atoms with E-state index in [9.17, 15) is 26.7 Å². The van der Waals surface area contributed by atoms with E-state index in [2.05, 4.69) is 10.4 Å². The van der Waals surface area contributed by atoms with Gasteiger partial charge in [0.25, 0.3) is 0 Å². The molecular weight excluding hydrogens is 405 g/mol. The van der Waals surface area contributed by atoms with E-state index in [-0.39, 0.29) is 28.4 Å². The van der Waals surface area contributed by atoms with Crippen molar-refractivity contribution >= 4 is 28.9 Å². The SMILES string of the molecule is CN1CC(C(=O)Nc2ccc(F)cc2-c2ccc(F)c(Cl)c2)C(C(F)(F)F)=N1. The maximum Gasteiger partial charge on any atom is 0.432 e. The Morgan fingerprint density at radius 2 is 1.93 bits per heavy atom. The minimum absolute atomic E-state index is 0.0603. The largest absolute Gasteiger partial charge is 0.432 e. The zero-order valence-electron chi connectivity index (χ0n) is 14.3. The number of nitrogens with one attached hydrogen (secondary N) is 1. The van der Waals surface area contributed by atoms with E-state index in [1.54, 1.807) is 0 Å². The summed E-state index contributed by atoms with van der Waals surface area (Å²) in [7, 11) is 1.32. The van der Waals surface area contributed by atoms with E-state index in [0.717, 1.165) is 23.2 Å². The molecule has 0 aliphatic carbocycles. The van der Waals surface area contributed by atoms with Gasteiger partial charge in [0.15, 0.2) is 5.71 Å². The highest BCUT2D eigenvalue weighted by Gasteiger charge is 2.47. The fraction of sp³-hybridized carbons (Fsp3) is 0.222. The molecule has 2 aromatic carbocycles. The second-order valence-corrected chi connectivity index (χ2v) is 6.59. The summed E-state index contributed by atoms with van der Waals surface area (Å²) < 4.78 is 66.5. The molecular formula is C18H13ClF5N3O. The smallest absolute Gasteiger partial charge is 0.325 e. The minimum Gasteiger partial charge on any atom is -0.325 e. The number of alkyl halides is 3. The van der Waals surface area contributed by atoms with Gasteiger partial charge in [-0.15, -0.1) is 0 Å². The van der Waals surface area contributed by atoms with Crippen LogP contribution in [0.4, 0.5) is 27.6 Å². The molecule has 1 unspecified atom stereocenters. The van der Waals surface area contributed by atoms with Gasteiger partial charge in [0.1, 0.15) is 17.6 Å². The van der Waals surface area contributed by atoms with Gasteiger partial charge >= 0.3 is 6.18 Å². The van der Waals surface area contributed by atoms with Crippen molar-refractivity contribution in [2.75, 3.05) is 18.9 Å². The van der Waals surface area contributed by atoms with Crippen molar-refractivity contribution in [2.24, 2.45) is 11.0 Å². The average molecular weight is 418 g/mol. The van der Waals surface area contributed by atoms with Crippen LogP contribution in [-0.2, 0) is 4.79 Å². The van der Waals surface area contributed by atoms with Crippen molar-refractivity contribution in [3.05, 3.63) is 53.1 Å². The van der Waals surface area contributed by atoms with Crippen LogP contribution in [0.3, 0.4) is 0 Å². The van der Waals surface area contributed by atoms with Gasteiger partial charge in [0, 0.05) is 18.3 Å². The number of rotatable bonds is 3. The summed E-state index contributed by atoms with van der Waals surface area (Å²) in [5.41, 5.74) is -0.715. The Bertz CT molecular complexity index is 961. The maximum atomic E-state index is 13.7. The molecule has 10 heteroatoms. The second-order valence-electron chi connectivity index (χ2n) is 6.18. The molecule has 1 amide bonds. The molecule has 0 saturated carbocycles. The lowest BCUT2D eigenvalue weighted by molar-refractivity contribution is -0.119. The summed E-state index contributed by atoms with van der Waals surface area (Å²) in [6.45, 7) is -0.250. The van der Waals surface area contributed by atoms with Crippen LogP contribution >= 0.6 is 11.6 Å². The number of hydrogen-bond donors (Lipinski definition) is 1. The summed E-state index contributed by atoms with van der Waals surface area (Å²) in [6, 6.07) is 6.94. The van der Waals surface area contributed by atoms with Crippen molar-refractivity contribution < 1.29 is 26.7 Å². The molecule has 1 aliphatic rings. The number of halogens is 6. The molecule has 1 N–H and O–H groups in total. The highest BCUT2D eigenvalue weighted by atomic mass is 35.5. The van der Waals surface area contributed by atoms with Crippen LogP contribution in [0, 0.1) is 17.6 Å². The fourth-order valence-corrected chi connectivity index (χ4v) is 3.03. The number of benzene rings is 2. The summed E-state index contributed by atoms with van der Waals surface area (Å²) >= 11 is 5.75. The zero-order valence-corrected chi connectivity index (χ0v) is 15.1. The predicted molar refractivity (Wildman–Crippen MR) is 95.0 cm³/mol. The number of hydrogen-bond acceptors (Lipinski definition) is 3. The molecule has 28 heavy (non-hydrogen) atoms. The lowest BCUT2D eigenvalue weighted by atomic mass is 10.0. The molecule has 0 bridgehead atoms. The predicted octanol–water partition coefficient (Wildman–Crippen LogP) is 4.70. The Hall–Kier alpha value is -2.68. The van der Waals surface area contributed by atoms with Gasteiger partial charge in [-0.3, -0.25) is 9.80 Å². The minimum atomic E-state index is -4.76. The van der Waals surface area contributed by atoms with E-state index in [4.69, 9.17) is 11.6 Å².